The molecule has 1 aliphatic heterocycles. The van der Waals surface area contributed by atoms with E-state index in [2.05, 4.69) is 5.32 Å². The number of nitrogens with one attached hydrogen (secondary N) is 1. The molecule has 1 fully saturated rings. The van der Waals surface area contributed by atoms with Gasteiger partial charge in [-0.3, -0.25) is 10.1 Å². The number of nitro benzene ring substituents is 1. The molecule has 19 heavy (non-hydrogen) atoms. The van der Waals surface area contributed by atoms with E-state index in [9.17, 15) is 10.1 Å². The molecular formula is C13H17ClN2O2S. The van der Waals surface area contributed by atoms with Crippen LogP contribution >= 0.6 is 23.4 Å². The second-order valence-corrected chi connectivity index (χ2v) is 6.36. The fraction of sp³-hybridized carbons (Fsp3) is 0.538. The first-order valence-electron chi connectivity index (χ1n) is 6.38. The van der Waals surface area contributed by atoms with E-state index >= 15 is 0 Å². The predicted molar refractivity (Wildman–Crippen MR) is 79.9 cm³/mol. The average Bonchev–Trinajstić information content (AvgIpc) is 2.41. The number of halogens is 1. The van der Waals surface area contributed by atoms with Gasteiger partial charge in [0.15, 0.2) is 0 Å². The van der Waals surface area contributed by atoms with Gasteiger partial charge in [0.05, 0.1) is 4.92 Å². The molecule has 1 heterocycles. The summed E-state index contributed by atoms with van der Waals surface area (Å²) in [6, 6.07) is 4.97. The highest BCUT2D eigenvalue weighted by Crippen LogP contribution is 2.25. The van der Waals surface area contributed by atoms with Gasteiger partial charge in [0, 0.05) is 12.6 Å². The van der Waals surface area contributed by atoms with Crippen molar-refractivity contribution in [2.75, 3.05) is 18.1 Å². The van der Waals surface area contributed by atoms with Crippen molar-refractivity contribution in [3.05, 3.63) is 38.9 Å². The fourth-order valence-corrected chi connectivity index (χ4v) is 3.57. The molecule has 6 heteroatoms. The molecule has 0 bridgehead atoms. The van der Waals surface area contributed by atoms with Crippen LogP contribution in [0.2, 0.25) is 5.02 Å². The van der Waals surface area contributed by atoms with E-state index < -0.39 is 4.92 Å². The Kier molecular flexibility index (Phi) is 5.48. The van der Waals surface area contributed by atoms with Crippen molar-refractivity contribution in [3.8, 4) is 0 Å². The molecule has 1 aromatic carbocycles. The molecule has 104 valence electrons. The van der Waals surface area contributed by atoms with E-state index in [1.807, 2.05) is 17.8 Å². The summed E-state index contributed by atoms with van der Waals surface area (Å²) in [4.78, 5) is 10.4. The minimum Gasteiger partial charge on any atom is -0.312 e. The molecule has 4 nitrogen and oxygen atoms in total. The lowest BCUT2D eigenvalue weighted by Crippen LogP contribution is -2.25. The third kappa shape index (κ3) is 4.37. The van der Waals surface area contributed by atoms with Gasteiger partial charge in [-0.15, -0.1) is 0 Å². The SMILES string of the molecule is O=[N+]([O-])c1cc(CNCC2CCSCC2)ccc1Cl. The molecule has 0 saturated carbocycles. The van der Waals surface area contributed by atoms with Crippen LogP contribution < -0.4 is 5.32 Å². The van der Waals surface area contributed by atoms with Crippen LogP contribution in [0.4, 0.5) is 5.69 Å². The highest BCUT2D eigenvalue weighted by atomic mass is 35.5. The van der Waals surface area contributed by atoms with Crippen LogP contribution in [0.5, 0.6) is 0 Å². The second kappa shape index (κ2) is 7.12. The van der Waals surface area contributed by atoms with Crippen LogP contribution in [-0.2, 0) is 6.54 Å². The Morgan fingerprint density at radius 3 is 2.84 bits per heavy atom. The molecule has 2 rings (SSSR count). The van der Waals surface area contributed by atoms with Gasteiger partial charge in [0.2, 0.25) is 0 Å². The largest absolute Gasteiger partial charge is 0.312 e. The second-order valence-electron chi connectivity index (χ2n) is 4.73. The zero-order chi connectivity index (χ0) is 13.7. The summed E-state index contributed by atoms with van der Waals surface area (Å²) in [5, 5.41) is 14.4. The van der Waals surface area contributed by atoms with E-state index in [0.29, 0.717) is 6.54 Å². The minimum atomic E-state index is -0.440. The van der Waals surface area contributed by atoms with Crippen molar-refractivity contribution >= 4 is 29.1 Å². The molecule has 1 aliphatic rings. The lowest BCUT2D eigenvalue weighted by molar-refractivity contribution is -0.384. The Labute approximate surface area is 122 Å². The molecule has 0 unspecified atom stereocenters. The molecular weight excluding hydrogens is 284 g/mol. The molecule has 0 atom stereocenters. The molecule has 0 aliphatic carbocycles. The van der Waals surface area contributed by atoms with Crippen LogP contribution in [0.1, 0.15) is 18.4 Å². The van der Waals surface area contributed by atoms with E-state index in [0.717, 1.165) is 18.0 Å². The number of hydrogen-bond acceptors (Lipinski definition) is 4. The van der Waals surface area contributed by atoms with E-state index in [1.165, 1.54) is 24.3 Å². The normalized spacial score (nSPS) is 16.5. The summed E-state index contributed by atoms with van der Waals surface area (Å²) < 4.78 is 0. The lowest BCUT2D eigenvalue weighted by atomic mass is 10.0. The third-order valence-corrected chi connectivity index (χ3v) is 4.68. The number of hydrogen-bond donors (Lipinski definition) is 1. The molecule has 0 spiro atoms. The third-order valence-electron chi connectivity index (χ3n) is 3.31. The highest BCUT2D eigenvalue weighted by molar-refractivity contribution is 7.99. The minimum absolute atomic E-state index is 0.0185. The van der Waals surface area contributed by atoms with E-state index in [4.69, 9.17) is 11.6 Å². The smallest absolute Gasteiger partial charge is 0.288 e. The summed E-state index contributed by atoms with van der Waals surface area (Å²) in [6.07, 6.45) is 2.52. The topological polar surface area (TPSA) is 55.2 Å². The number of nitro groups is 1. The molecule has 0 amide bonds. The zero-order valence-corrected chi connectivity index (χ0v) is 12.2. The first kappa shape index (κ1) is 14.6. The van der Waals surface area contributed by atoms with E-state index in [1.54, 1.807) is 12.1 Å². The fourth-order valence-electron chi connectivity index (χ4n) is 2.18. The molecule has 0 radical (unpaired) electrons. The van der Waals surface area contributed by atoms with Gasteiger partial charge in [-0.2, -0.15) is 11.8 Å². The van der Waals surface area contributed by atoms with Crippen molar-refractivity contribution in [2.45, 2.75) is 19.4 Å². The first-order chi connectivity index (χ1) is 9.16. The van der Waals surface area contributed by atoms with Crippen LogP contribution in [0.25, 0.3) is 0 Å². The Balaban J connectivity index is 1.85. The summed E-state index contributed by atoms with van der Waals surface area (Å²) >= 11 is 7.80. The molecule has 0 aromatic heterocycles. The van der Waals surface area contributed by atoms with Crippen molar-refractivity contribution in [2.24, 2.45) is 5.92 Å². The van der Waals surface area contributed by atoms with Crippen molar-refractivity contribution in [1.29, 1.82) is 0 Å². The van der Waals surface area contributed by atoms with Crippen LogP contribution in [0.3, 0.4) is 0 Å². The summed E-state index contributed by atoms with van der Waals surface area (Å²) in [6.45, 7) is 1.64. The quantitative estimate of drug-likeness (QED) is 0.668. The van der Waals surface area contributed by atoms with Crippen LogP contribution in [0.15, 0.2) is 18.2 Å². The number of thioether (sulfide) groups is 1. The Hall–Kier alpha value is -0.780. The van der Waals surface area contributed by atoms with Gasteiger partial charge in [0.1, 0.15) is 5.02 Å². The Morgan fingerprint density at radius 2 is 2.16 bits per heavy atom. The Bertz CT molecular complexity index is 450. The lowest BCUT2D eigenvalue weighted by Gasteiger charge is -2.21. The van der Waals surface area contributed by atoms with Crippen molar-refractivity contribution < 1.29 is 4.92 Å². The molecule has 1 saturated heterocycles. The predicted octanol–water partition coefficient (Wildman–Crippen LogP) is 3.48. The standard InChI is InChI=1S/C13H17ClN2O2S/c14-12-2-1-11(7-13(12)16(17)18)9-15-8-10-3-5-19-6-4-10/h1-2,7,10,15H,3-6,8-9H2. The number of rotatable bonds is 5. The monoisotopic (exact) mass is 300 g/mol. The van der Waals surface area contributed by atoms with Crippen molar-refractivity contribution in [3.63, 3.8) is 0 Å². The van der Waals surface area contributed by atoms with Gasteiger partial charge in [-0.1, -0.05) is 17.7 Å². The maximum Gasteiger partial charge on any atom is 0.288 e. The van der Waals surface area contributed by atoms with Gasteiger partial charge in [-0.25, -0.2) is 0 Å². The average molecular weight is 301 g/mol. The first-order valence-corrected chi connectivity index (χ1v) is 7.91. The van der Waals surface area contributed by atoms with Crippen LogP contribution in [-0.4, -0.2) is 23.0 Å². The van der Waals surface area contributed by atoms with Gasteiger partial charge in [-0.05, 0) is 48.4 Å². The summed E-state index contributed by atoms with van der Waals surface area (Å²) in [7, 11) is 0. The molecule has 1 N–H and O–H groups in total. The summed E-state index contributed by atoms with van der Waals surface area (Å²) in [5.74, 6) is 3.24. The molecule has 1 aromatic rings. The van der Waals surface area contributed by atoms with Crippen LogP contribution in [0, 0.1) is 16.0 Å². The highest BCUT2D eigenvalue weighted by Gasteiger charge is 2.14. The van der Waals surface area contributed by atoms with Crippen molar-refractivity contribution in [1.82, 2.24) is 5.32 Å². The van der Waals surface area contributed by atoms with Gasteiger partial charge >= 0.3 is 0 Å². The zero-order valence-electron chi connectivity index (χ0n) is 10.6. The van der Waals surface area contributed by atoms with Gasteiger partial charge in [0.25, 0.3) is 5.69 Å². The maximum absolute atomic E-state index is 10.8. The summed E-state index contributed by atoms with van der Waals surface area (Å²) in [5.41, 5.74) is 0.885. The maximum atomic E-state index is 10.8. The Morgan fingerprint density at radius 1 is 1.42 bits per heavy atom. The van der Waals surface area contributed by atoms with Gasteiger partial charge < -0.3 is 5.32 Å². The van der Waals surface area contributed by atoms with E-state index in [-0.39, 0.29) is 10.7 Å². The number of benzene rings is 1. The number of nitrogens with zero attached hydrogens (tertiary/aromatic N) is 1.